The standard InChI is InChI=1S/C47H90N2O5/c1-3-5-7-9-11-13-14-15-16-17-18-19-20-21-23-25-31-35-41-46(51)54-43(37-32-28-24-22-12-10-8-6-4-2)38-33-29-26-27-30-34-40-45(50)49-44(47(52)53)39-36-42-48/h32,37,43-44H,3-31,33-36,38-42,48H2,1-2H3,(H,49,50)(H,52,53)/b37-32-. The molecule has 2 atom stereocenters. The Hall–Kier alpha value is -1.89. The zero-order valence-corrected chi connectivity index (χ0v) is 35.8. The van der Waals surface area contributed by atoms with Crippen molar-refractivity contribution in [2.45, 2.75) is 264 Å². The van der Waals surface area contributed by atoms with Gasteiger partial charge in [-0.05, 0) is 64.0 Å². The van der Waals surface area contributed by atoms with Crippen molar-refractivity contribution in [3.63, 3.8) is 0 Å². The quantitative estimate of drug-likeness (QED) is 0.0323. The van der Waals surface area contributed by atoms with Crippen molar-refractivity contribution >= 4 is 17.8 Å². The number of carboxylic acids is 1. The predicted molar refractivity (Wildman–Crippen MR) is 230 cm³/mol. The van der Waals surface area contributed by atoms with Crippen LogP contribution in [0.25, 0.3) is 0 Å². The minimum absolute atomic E-state index is 0.0523. The number of nitrogens with one attached hydrogen (secondary N) is 1. The van der Waals surface area contributed by atoms with Gasteiger partial charge in [0.05, 0.1) is 0 Å². The summed E-state index contributed by atoms with van der Waals surface area (Å²) < 4.78 is 5.98. The van der Waals surface area contributed by atoms with Gasteiger partial charge in [-0.1, -0.05) is 193 Å². The lowest BCUT2D eigenvalue weighted by Crippen LogP contribution is -2.40. The summed E-state index contributed by atoms with van der Waals surface area (Å²) in [6.45, 7) is 4.96. The van der Waals surface area contributed by atoms with E-state index in [0.717, 1.165) is 64.2 Å². The lowest BCUT2D eigenvalue weighted by Gasteiger charge is -2.15. The molecule has 0 bridgehead atoms. The molecule has 0 aromatic rings. The van der Waals surface area contributed by atoms with E-state index in [9.17, 15) is 19.5 Å². The van der Waals surface area contributed by atoms with Crippen LogP contribution in [-0.4, -0.2) is 41.6 Å². The van der Waals surface area contributed by atoms with Gasteiger partial charge in [-0.2, -0.15) is 0 Å². The topological polar surface area (TPSA) is 119 Å². The SMILES string of the molecule is CCCCCCCCC/C=C\C(CCCCCCCCC(=O)NC(CCCN)C(=O)O)OC(=O)CCCCCCCCCCCCCCCCCCCC. The first-order valence-corrected chi connectivity index (χ1v) is 23.5. The van der Waals surface area contributed by atoms with Gasteiger partial charge in [-0.15, -0.1) is 0 Å². The van der Waals surface area contributed by atoms with Crippen LogP contribution < -0.4 is 11.1 Å². The Balaban J connectivity index is 4.17. The van der Waals surface area contributed by atoms with E-state index in [1.807, 2.05) is 0 Å². The lowest BCUT2D eigenvalue weighted by molar-refractivity contribution is -0.147. The third-order valence-electron chi connectivity index (χ3n) is 10.8. The summed E-state index contributed by atoms with van der Waals surface area (Å²) in [4.78, 5) is 36.3. The summed E-state index contributed by atoms with van der Waals surface area (Å²) in [5, 5.41) is 11.9. The van der Waals surface area contributed by atoms with Crippen LogP contribution in [0.5, 0.6) is 0 Å². The van der Waals surface area contributed by atoms with Crippen molar-refractivity contribution in [3.05, 3.63) is 12.2 Å². The van der Waals surface area contributed by atoms with Gasteiger partial charge in [0.15, 0.2) is 0 Å². The molecule has 0 spiro atoms. The van der Waals surface area contributed by atoms with Crippen molar-refractivity contribution in [2.24, 2.45) is 5.73 Å². The first kappa shape index (κ1) is 52.1. The number of rotatable bonds is 43. The molecule has 0 aliphatic carbocycles. The molecule has 0 heterocycles. The molecule has 2 unspecified atom stereocenters. The van der Waals surface area contributed by atoms with E-state index in [-0.39, 0.29) is 18.0 Å². The van der Waals surface area contributed by atoms with E-state index in [4.69, 9.17) is 10.5 Å². The van der Waals surface area contributed by atoms with Crippen LogP contribution in [0.2, 0.25) is 0 Å². The number of carbonyl (C=O) groups is 3. The molecule has 318 valence electrons. The van der Waals surface area contributed by atoms with Crippen molar-refractivity contribution in [1.29, 1.82) is 0 Å². The molecule has 0 radical (unpaired) electrons. The third-order valence-corrected chi connectivity index (χ3v) is 10.8. The number of nitrogens with two attached hydrogens (primary N) is 1. The molecule has 0 saturated carbocycles. The molecule has 0 saturated heterocycles. The fourth-order valence-corrected chi connectivity index (χ4v) is 7.24. The zero-order valence-electron chi connectivity index (χ0n) is 35.8. The number of ether oxygens (including phenoxy) is 1. The van der Waals surface area contributed by atoms with Gasteiger partial charge in [-0.3, -0.25) is 9.59 Å². The Kier molecular flexibility index (Phi) is 40.8. The molecule has 0 aliphatic rings. The number of hydrogen-bond acceptors (Lipinski definition) is 5. The molecule has 54 heavy (non-hydrogen) atoms. The maximum atomic E-state index is 12.8. The van der Waals surface area contributed by atoms with Crippen LogP contribution >= 0.6 is 0 Å². The largest absolute Gasteiger partial charge is 0.480 e. The molecule has 7 nitrogen and oxygen atoms in total. The minimum atomic E-state index is -1.00. The van der Waals surface area contributed by atoms with Crippen LogP contribution in [0.1, 0.15) is 251 Å². The van der Waals surface area contributed by atoms with E-state index >= 15 is 0 Å². The highest BCUT2D eigenvalue weighted by Gasteiger charge is 2.18. The summed E-state index contributed by atoms with van der Waals surface area (Å²) in [5.74, 6) is -1.25. The van der Waals surface area contributed by atoms with E-state index in [1.165, 1.54) is 148 Å². The summed E-state index contributed by atoms with van der Waals surface area (Å²) in [6.07, 6.45) is 47.1. The first-order chi connectivity index (χ1) is 26.4. The molecular weight excluding hydrogens is 673 g/mol. The average Bonchev–Trinajstić information content (AvgIpc) is 3.16. The maximum Gasteiger partial charge on any atom is 0.326 e. The fraction of sp³-hybridized carbons (Fsp3) is 0.894. The monoisotopic (exact) mass is 763 g/mol. The Bertz CT molecular complexity index is 863. The number of aliphatic carboxylic acids is 1. The second kappa shape index (κ2) is 42.3. The van der Waals surface area contributed by atoms with Crippen LogP contribution in [0.15, 0.2) is 12.2 Å². The number of carbonyl (C=O) groups excluding carboxylic acids is 2. The van der Waals surface area contributed by atoms with Crippen LogP contribution in [0.3, 0.4) is 0 Å². The number of esters is 1. The van der Waals surface area contributed by atoms with E-state index in [1.54, 1.807) is 0 Å². The molecule has 0 aromatic heterocycles. The summed E-state index contributed by atoms with van der Waals surface area (Å²) in [7, 11) is 0. The first-order valence-electron chi connectivity index (χ1n) is 23.5. The molecule has 0 aromatic carbocycles. The third kappa shape index (κ3) is 38.4. The van der Waals surface area contributed by atoms with Crippen LogP contribution in [-0.2, 0) is 19.1 Å². The number of unbranched alkanes of at least 4 members (excludes halogenated alkanes) is 29. The predicted octanol–water partition coefficient (Wildman–Crippen LogP) is 13.5. The maximum absolute atomic E-state index is 12.8. The van der Waals surface area contributed by atoms with E-state index < -0.39 is 12.0 Å². The Morgan fingerprint density at radius 1 is 0.537 bits per heavy atom. The Labute approximate surface area is 334 Å². The van der Waals surface area contributed by atoms with Crippen molar-refractivity contribution in [2.75, 3.05) is 6.54 Å². The summed E-state index contributed by atoms with van der Waals surface area (Å²) >= 11 is 0. The van der Waals surface area contributed by atoms with Gasteiger partial charge in [0.2, 0.25) is 5.91 Å². The molecule has 0 rings (SSSR count). The minimum Gasteiger partial charge on any atom is -0.480 e. The number of allylic oxidation sites excluding steroid dienone is 1. The van der Waals surface area contributed by atoms with Crippen molar-refractivity contribution in [1.82, 2.24) is 5.32 Å². The second-order valence-corrected chi connectivity index (χ2v) is 16.2. The second-order valence-electron chi connectivity index (χ2n) is 16.2. The highest BCUT2D eigenvalue weighted by atomic mass is 16.5. The van der Waals surface area contributed by atoms with Crippen LogP contribution in [0.4, 0.5) is 0 Å². The highest BCUT2D eigenvalue weighted by Crippen LogP contribution is 2.17. The van der Waals surface area contributed by atoms with Gasteiger partial charge in [0.1, 0.15) is 12.1 Å². The Morgan fingerprint density at radius 3 is 1.39 bits per heavy atom. The number of amides is 1. The average molecular weight is 763 g/mol. The lowest BCUT2D eigenvalue weighted by atomic mass is 10.0. The van der Waals surface area contributed by atoms with E-state index in [0.29, 0.717) is 32.2 Å². The van der Waals surface area contributed by atoms with Gasteiger partial charge < -0.3 is 20.9 Å². The van der Waals surface area contributed by atoms with Gasteiger partial charge in [0, 0.05) is 12.8 Å². The van der Waals surface area contributed by atoms with E-state index in [2.05, 4.69) is 31.3 Å². The van der Waals surface area contributed by atoms with Crippen molar-refractivity contribution in [3.8, 4) is 0 Å². The summed E-state index contributed by atoms with van der Waals surface area (Å²) in [5.41, 5.74) is 5.48. The van der Waals surface area contributed by atoms with Crippen LogP contribution in [0, 0.1) is 0 Å². The smallest absolute Gasteiger partial charge is 0.326 e. The summed E-state index contributed by atoms with van der Waals surface area (Å²) in [6, 6.07) is -0.851. The Morgan fingerprint density at radius 2 is 0.944 bits per heavy atom. The van der Waals surface area contributed by atoms with Crippen molar-refractivity contribution < 1.29 is 24.2 Å². The van der Waals surface area contributed by atoms with Gasteiger partial charge >= 0.3 is 11.9 Å². The highest BCUT2D eigenvalue weighted by molar-refractivity contribution is 5.83. The fourth-order valence-electron chi connectivity index (χ4n) is 7.24. The number of carboxylic acid groups (broad SMARTS) is 1. The molecule has 1 amide bonds. The molecular formula is C47H90N2O5. The van der Waals surface area contributed by atoms with Gasteiger partial charge in [0.25, 0.3) is 0 Å². The molecule has 0 fully saturated rings. The molecule has 7 heteroatoms. The normalized spacial score (nSPS) is 12.6. The van der Waals surface area contributed by atoms with Gasteiger partial charge in [-0.25, -0.2) is 4.79 Å². The molecule has 4 N–H and O–H groups in total. The number of hydrogen-bond donors (Lipinski definition) is 3. The zero-order chi connectivity index (χ0) is 39.6. The molecule has 0 aliphatic heterocycles.